The van der Waals surface area contributed by atoms with Gasteiger partial charge in [-0.3, -0.25) is 0 Å². The molecule has 2 aromatic carbocycles. The van der Waals surface area contributed by atoms with Crippen LogP contribution in [-0.4, -0.2) is 4.57 Å². The van der Waals surface area contributed by atoms with E-state index in [0.29, 0.717) is 6.54 Å². The van der Waals surface area contributed by atoms with Crippen LogP contribution in [0.2, 0.25) is 0 Å². The maximum absolute atomic E-state index is 5.85. The predicted molar refractivity (Wildman–Crippen MR) is 80.1 cm³/mol. The van der Waals surface area contributed by atoms with E-state index in [1.54, 1.807) is 0 Å². The number of hydrogen-bond donors (Lipinski definition) is 1. The maximum Gasteiger partial charge on any atom is 0.0528 e. The van der Waals surface area contributed by atoms with Crippen LogP contribution in [0.4, 0.5) is 0 Å². The molecule has 0 aliphatic rings. The van der Waals surface area contributed by atoms with E-state index in [1.807, 2.05) is 0 Å². The zero-order valence-electron chi connectivity index (χ0n) is 11.1. The fourth-order valence-corrected chi connectivity index (χ4v) is 2.61. The highest BCUT2D eigenvalue weighted by Crippen LogP contribution is 2.22. The molecule has 3 rings (SSSR count). The van der Waals surface area contributed by atoms with Gasteiger partial charge in [-0.15, -0.1) is 0 Å². The molecule has 96 valence electrons. The molecule has 0 spiro atoms. The first-order chi connectivity index (χ1) is 9.29. The standard InChI is InChI=1S/C17H18N2/c1-13-5-2-3-6-16(13)12-19-10-9-14-7-4-8-15(11-18)17(14)19/h2-10H,11-12,18H2,1H3. The molecule has 1 heterocycles. The summed E-state index contributed by atoms with van der Waals surface area (Å²) in [5.74, 6) is 0. The Kier molecular flexibility index (Phi) is 3.10. The van der Waals surface area contributed by atoms with Crippen molar-refractivity contribution in [1.82, 2.24) is 4.57 Å². The lowest BCUT2D eigenvalue weighted by molar-refractivity contribution is 0.824. The first-order valence-corrected chi connectivity index (χ1v) is 6.61. The second kappa shape index (κ2) is 4.90. The third-order valence-corrected chi connectivity index (χ3v) is 3.69. The number of aryl methyl sites for hydroxylation is 1. The molecule has 0 aliphatic carbocycles. The average Bonchev–Trinajstić information content (AvgIpc) is 2.85. The monoisotopic (exact) mass is 250 g/mol. The molecule has 0 radical (unpaired) electrons. The lowest BCUT2D eigenvalue weighted by Gasteiger charge is -2.11. The molecule has 0 saturated carbocycles. The molecule has 2 N–H and O–H groups in total. The minimum absolute atomic E-state index is 0.578. The Morgan fingerprint density at radius 3 is 2.53 bits per heavy atom. The number of nitrogens with two attached hydrogens (primary N) is 1. The topological polar surface area (TPSA) is 30.9 Å². The van der Waals surface area contributed by atoms with E-state index in [2.05, 4.69) is 66.2 Å². The summed E-state index contributed by atoms with van der Waals surface area (Å²) in [7, 11) is 0. The Morgan fingerprint density at radius 2 is 1.74 bits per heavy atom. The molecule has 2 nitrogen and oxygen atoms in total. The quantitative estimate of drug-likeness (QED) is 0.758. The molecule has 0 atom stereocenters. The Balaban J connectivity index is 2.09. The van der Waals surface area contributed by atoms with E-state index in [4.69, 9.17) is 5.73 Å². The summed E-state index contributed by atoms with van der Waals surface area (Å²) < 4.78 is 2.29. The van der Waals surface area contributed by atoms with Crippen LogP contribution in [0.1, 0.15) is 16.7 Å². The zero-order valence-corrected chi connectivity index (χ0v) is 11.1. The van der Waals surface area contributed by atoms with Gasteiger partial charge in [0.15, 0.2) is 0 Å². The molecule has 2 heteroatoms. The molecule has 0 bridgehead atoms. The summed E-state index contributed by atoms with van der Waals surface area (Å²) in [6.07, 6.45) is 2.15. The van der Waals surface area contributed by atoms with Gasteiger partial charge in [-0.25, -0.2) is 0 Å². The molecule has 0 aliphatic heterocycles. The average molecular weight is 250 g/mol. The van der Waals surface area contributed by atoms with E-state index in [-0.39, 0.29) is 0 Å². The SMILES string of the molecule is Cc1ccccc1Cn1ccc2cccc(CN)c21. The number of hydrogen-bond acceptors (Lipinski definition) is 1. The zero-order chi connectivity index (χ0) is 13.2. The first kappa shape index (κ1) is 12.0. The van der Waals surface area contributed by atoms with Gasteiger partial charge in [0, 0.05) is 19.3 Å². The highest BCUT2D eigenvalue weighted by atomic mass is 15.0. The normalized spacial score (nSPS) is 11.1. The number of para-hydroxylation sites is 1. The van der Waals surface area contributed by atoms with Gasteiger partial charge in [0.25, 0.3) is 0 Å². The smallest absolute Gasteiger partial charge is 0.0528 e. The van der Waals surface area contributed by atoms with E-state index >= 15 is 0 Å². The van der Waals surface area contributed by atoms with Gasteiger partial charge in [-0.2, -0.15) is 0 Å². The third-order valence-electron chi connectivity index (χ3n) is 3.69. The summed E-state index contributed by atoms with van der Waals surface area (Å²) >= 11 is 0. The van der Waals surface area contributed by atoms with Crippen molar-refractivity contribution >= 4 is 10.9 Å². The number of fused-ring (bicyclic) bond motifs is 1. The van der Waals surface area contributed by atoms with E-state index < -0.39 is 0 Å². The van der Waals surface area contributed by atoms with Crippen LogP contribution in [-0.2, 0) is 13.1 Å². The van der Waals surface area contributed by atoms with Crippen molar-refractivity contribution in [2.75, 3.05) is 0 Å². The van der Waals surface area contributed by atoms with Gasteiger partial charge in [0.1, 0.15) is 0 Å². The van der Waals surface area contributed by atoms with Gasteiger partial charge in [-0.1, -0.05) is 42.5 Å². The van der Waals surface area contributed by atoms with E-state index in [0.717, 1.165) is 6.54 Å². The summed E-state index contributed by atoms with van der Waals surface area (Å²) in [5, 5.41) is 1.26. The fourth-order valence-electron chi connectivity index (χ4n) is 2.61. The summed E-state index contributed by atoms with van der Waals surface area (Å²) in [6.45, 7) is 3.63. The van der Waals surface area contributed by atoms with Crippen LogP contribution in [0.25, 0.3) is 10.9 Å². The molecule has 0 unspecified atom stereocenters. The summed E-state index contributed by atoms with van der Waals surface area (Å²) in [5.41, 5.74) is 11.0. The molecular weight excluding hydrogens is 232 g/mol. The molecule has 0 fully saturated rings. The second-order valence-electron chi connectivity index (χ2n) is 4.93. The first-order valence-electron chi connectivity index (χ1n) is 6.61. The van der Waals surface area contributed by atoms with Crippen molar-refractivity contribution in [3.8, 4) is 0 Å². The summed E-state index contributed by atoms with van der Waals surface area (Å²) in [4.78, 5) is 0. The highest BCUT2D eigenvalue weighted by molar-refractivity contribution is 5.83. The summed E-state index contributed by atoms with van der Waals surface area (Å²) in [6, 6.07) is 17.0. The van der Waals surface area contributed by atoms with Crippen LogP contribution in [0, 0.1) is 6.92 Å². The van der Waals surface area contributed by atoms with Crippen molar-refractivity contribution in [2.45, 2.75) is 20.0 Å². The molecule has 0 saturated heterocycles. The second-order valence-corrected chi connectivity index (χ2v) is 4.93. The van der Waals surface area contributed by atoms with E-state index in [1.165, 1.54) is 27.6 Å². The number of rotatable bonds is 3. The Bertz CT molecular complexity index is 710. The van der Waals surface area contributed by atoms with Crippen LogP contribution in [0.15, 0.2) is 54.7 Å². The highest BCUT2D eigenvalue weighted by Gasteiger charge is 2.06. The fraction of sp³-hybridized carbons (Fsp3) is 0.176. The third kappa shape index (κ3) is 2.15. The van der Waals surface area contributed by atoms with Gasteiger partial charge in [0.05, 0.1) is 5.52 Å². The van der Waals surface area contributed by atoms with Gasteiger partial charge >= 0.3 is 0 Å². The minimum Gasteiger partial charge on any atom is -0.343 e. The number of aromatic nitrogens is 1. The van der Waals surface area contributed by atoms with Gasteiger partial charge in [-0.05, 0) is 35.1 Å². The van der Waals surface area contributed by atoms with Crippen molar-refractivity contribution in [3.63, 3.8) is 0 Å². The van der Waals surface area contributed by atoms with E-state index in [9.17, 15) is 0 Å². The minimum atomic E-state index is 0.578. The Morgan fingerprint density at radius 1 is 0.947 bits per heavy atom. The van der Waals surface area contributed by atoms with Crippen molar-refractivity contribution in [1.29, 1.82) is 0 Å². The lowest BCUT2D eigenvalue weighted by atomic mass is 10.1. The number of benzene rings is 2. The Labute approximate surface area is 113 Å². The predicted octanol–water partition coefficient (Wildman–Crippen LogP) is 3.46. The molecular formula is C17H18N2. The Hall–Kier alpha value is -2.06. The number of nitrogens with zero attached hydrogens (tertiary/aromatic N) is 1. The molecule has 3 aromatic rings. The van der Waals surface area contributed by atoms with Crippen LogP contribution in [0.5, 0.6) is 0 Å². The van der Waals surface area contributed by atoms with Crippen molar-refractivity contribution in [3.05, 3.63) is 71.4 Å². The van der Waals surface area contributed by atoms with Crippen LogP contribution < -0.4 is 5.73 Å². The van der Waals surface area contributed by atoms with Crippen LogP contribution >= 0.6 is 0 Å². The largest absolute Gasteiger partial charge is 0.343 e. The molecule has 19 heavy (non-hydrogen) atoms. The van der Waals surface area contributed by atoms with Crippen LogP contribution in [0.3, 0.4) is 0 Å². The lowest BCUT2D eigenvalue weighted by Crippen LogP contribution is -2.04. The van der Waals surface area contributed by atoms with Gasteiger partial charge in [0.2, 0.25) is 0 Å². The molecule has 0 amide bonds. The van der Waals surface area contributed by atoms with Crippen molar-refractivity contribution < 1.29 is 0 Å². The van der Waals surface area contributed by atoms with Crippen molar-refractivity contribution in [2.24, 2.45) is 5.73 Å². The van der Waals surface area contributed by atoms with Gasteiger partial charge < -0.3 is 10.3 Å². The molecule has 1 aromatic heterocycles. The maximum atomic E-state index is 5.85.